The third-order valence-corrected chi connectivity index (χ3v) is 4.85. The van der Waals surface area contributed by atoms with E-state index in [0.29, 0.717) is 34.3 Å². The van der Waals surface area contributed by atoms with Crippen molar-refractivity contribution in [3.05, 3.63) is 69.3 Å². The highest BCUT2D eigenvalue weighted by atomic mass is 35.5. The van der Waals surface area contributed by atoms with E-state index in [4.69, 9.17) is 33.7 Å². The predicted octanol–water partition coefficient (Wildman–Crippen LogP) is 4.64. The summed E-state index contributed by atoms with van der Waals surface area (Å²) in [5, 5.41) is 5.34. The van der Waals surface area contributed by atoms with Gasteiger partial charge in [0.1, 0.15) is 0 Å². The van der Waals surface area contributed by atoms with Crippen molar-refractivity contribution < 1.29 is 9.53 Å². The Morgan fingerprint density at radius 2 is 1.93 bits per heavy atom. The van der Waals surface area contributed by atoms with E-state index in [0.717, 1.165) is 16.8 Å². The first-order chi connectivity index (χ1) is 13.9. The summed E-state index contributed by atoms with van der Waals surface area (Å²) in [5.41, 5.74) is 9.45. The Bertz CT molecular complexity index is 1110. The minimum Gasteiger partial charge on any atom is -0.384 e. The first kappa shape index (κ1) is 20.9. The van der Waals surface area contributed by atoms with E-state index in [2.05, 4.69) is 16.9 Å². The quantitative estimate of drug-likeness (QED) is 0.476. The van der Waals surface area contributed by atoms with Crippen molar-refractivity contribution in [1.29, 1.82) is 0 Å². The number of ether oxygens (including phenoxy) is 1. The maximum absolute atomic E-state index is 11.9. The molecule has 0 aliphatic rings. The summed E-state index contributed by atoms with van der Waals surface area (Å²) in [6.07, 6.45) is 0.668. The molecule has 2 N–H and O–H groups in total. The second kappa shape index (κ2) is 9.15. The zero-order valence-electron chi connectivity index (χ0n) is 16.0. The van der Waals surface area contributed by atoms with Gasteiger partial charge in [0.25, 0.3) is 5.91 Å². The average Bonchev–Trinajstić information content (AvgIpc) is 3.03. The van der Waals surface area contributed by atoms with Crippen molar-refractivity contribution in [1.82, 2.24) is 9.78 Å². The minimum atomic E-state index is -0.604. The van der Waals surface area contributed by atoms with E-state index < -0.39 is 5.91 Å². The van der Waals surface area contributed by atoms with Crippen LogP contribution in [0.25, 0.3) is 16.9 Å². The van der Waals surface area contributed by atoms with Crippen molar-refractivity contribution in [2.45, 2.75) is 13.3 Å². The molecule has 0 spiro atoms. The fraction of sp³-hybridized carbons (Fsp3) is 0.182. The number of primary amides is 1. The molecular weight excluding hydrogens is 409 g/mol. The van der Waals surface area contributed by atoms with Gasteiger partial charge in [-0.15, -0.1) is 0 Å². The predicted molar refractivity (Wildman–Crippen MR) is 116 cm³/mol. The molecule has 2 aromatic carbocycles. The number of aromatic nitrogens is 2. The van der Waals surface area contributed by atoms with Crippen LogP contribution in [0.15, 0.2) is 42.5 Å². The van der Waals surface area contributed by atoms with Crippen molar-refractivity contribution in [3.63, 3.8) is 0 Å². The summed E-state index contributed by atoms with van der Waals surface area (Å²) in [6, 6.07) is 12.8. The van der Waals surface area contributed by atoms with Crippen LogP contribution in [0.4, 0.5) is 0 Å². The van der Waals surface area contributed by atoms with Gasteiger partial charge in [-0.3, -0.25) is 4.79 Å². The van der Waals surface area contributed by atoms with E-state index in [1.807, 2.05) is 24.3 Å². The van der Waals surface area contributed by atoms with E-state index in [-0.39, 0.29) is 5.69 Å². The van der Waals surface area contributed by atoms with Crippen molar-refractivity contribution in [3.8, 4) is 28.8 Å². The molecule has 148 valence electrons. The standard InChI is InChI=1S/C22H19Cl2N3O2/c1-14-20(22(25)28)26-27(19-11-10-17(23)13-18(19)24)21(14)16-8-6-15(7-9-16)5-3-4-12-29-2/h6-11,13H,4,12H2,1-2H3,(H2,25,28). The lowest BCUT2D eigenvalue weighted by atomic mass is 10.0. The summed E-state index contributed by atoms with van der Waals surface area (Å²) in [7, 11) is 1.65. The number of hydrogen-bond acceptors (Lipinski definition) is 3. The van der Waals surface area contributed by atoms with Crippen LogP contribution in [0.2, 0.25) is 10.0 Å². The van der Waals surface area contributed by atoms with Crippen LogP contribution >= 0.6 is 23.2 Å². The zero-order valence-corrected chi connectivity index (χ0v) is 17.5. The summed E-state index contributed by atoms with van der Waals surface area (Å²) in [5.74, 6) is 5.55. The van der Waals surface area contributed by atoms with Gasteiger partial charge in [0, 0.05) is 35.2 Å². The number of carbonyl (C=O) groups excluding carboxylic acids is 1. The molecule has 7 heteroatoms. The molecule has 0 aliphatic heterocycles. The maximum Gasteiger partial charge on any atom is 0.269 e. The third-order valence-electron chi connectivity index (χ3n) is 4.32. The van der Waals surface area contributed by atoms with Crippen LogP contribution in [-0.2, 0) is 4.74 Å². The van der Waals surface area contributed by atoms with E-state index in [9.17, 15) is 4.79 Å². The van der Waals surface area contributed by atoms with Gasteiger partial charge < -0.3 is 10.5 Å². The van der Waals surface area contributed by atoms with Crippen LogP contribution in [0.1, 0.15) is 28.0 Å². The molecule has 1 amide bonds. The first-order valence-electron chi connectivity index (χ1n) is 8.85. The summed E-state index contributed by atoms with van der Waals surface area (Å²) < 4.78 is 6.61. The van der Waals surface area contributed by atoms with Crippen LogP contribution in [-0.4, -0.2) is 29.4 Å². The molecule has 0 fully saturated rings. The maximum atomic E-state index is 11.9. The zero-order chi connectivity index (χ0) is 21.0. The number of nitrogens with zero attached hydrogens (tertiary/aromatic N) is 2. The van der Waals surface area contributed by atoms with E-state index >= 15 is 0 Å². The lowest BCUT2D eigenvalue weighted by Gasteiger charge is -2.11. The Balaban J connectivity index is 2.08. The number of methoxy groups -OCH3 is 1. The van der Waals surface area contributed by atoms with Gasteiger partial charge in [0.15, 0.2) is 5.69 Å². The topological polar surface area (TPSA) is 70.1 Å². The minimum absolute atomic E-state index is 0.189. The highest BCUT2D eigenvalue weighted by molar-refractivity contribution is 6.35. The molecular formula is C22H19Cl2N3O2. The second-order valence-electron chi connectivity index (χ2n) is 6.32. The molecule has 0 atom stereocenters. The van der Waals surface area contributed by atoms with Crippen molar-refractivity contribution in [2.75, 3.05) is 13.7 Å². The molecule has 29 heavy (non-hydrogen) atoms. The van der Waals surface area contributed by atoms with E-state index in [1.165, 1.54) is 0 Å². The molecule has 0 saturated heterocycles. The van der Waals surface area contributed by atoms with Gasteiger partial charge in [0.05, 0.1) is 23.0 Å². The van der Waals surface area contributed by atoms with Gasteiger partial charge in [-0.05, 0) is 37.3 Å². The van der Waals surface area contributed by atoms with Crippen LogP contribution < -0.4 is 5.73 Å². The Labute approximate surface area is 179 Å². The average molecular weight is 428 g/mol. The fourth-order valence-electron chi connectivity index (χ4n) is 2.93. The Morgan fingerprint density at radius 1 is 1.21 bits per heavy atom. The molecule has 1 aromatic heterocycles. The molecule has 5 nitrogen and oxygen atoms in total. The molecule has 3 rings (SSSR count). The number of carbonyl (C=O) groups is 1. The van der Waals surface area contributed by atoms with Crippen LogP contribution in [0.5, 0.6) is 0 Å². The summed E-state index contributed by atoms with van der Waals surface area (Å²) >= 11 is 12.4. The van der Waals surface area contributed by atoms with Gasteiger partial charge in [-0.2, -0.15) is 5.10 Å². The highest BCUT2D eigenvalue weighted by Gasteiger charge is 2.21. The largest absolute Gasteiger partial charge is 0.384 e. The van der Waals surface area contributed by atoms with Gasteiger partial charge in [-0.1, -0.05) is 47.2 Å². The van der Waals surface area contributed by atoms with Crippen LogP contribution in [0.3, 0.4) is 0 Å². The van der Waals surface area contributed by atoms with E-state index in [1.54, 1.807) is 36.9 Å². The molecule has 3 aromatic rings. The number of hydrogen-bond donors (Lipinski definition) is 1. The second-order valence-corrected chi connectivity index (χ2v) is 7.16. The highest BCUT2D eigenvalue weighted by Crippen LogP contribution is 2.32. The molecule has 0 radical (unpaired) electrons. The van der Waals surface area contributed by atoms with Gasteiger partial charge in [0.2, 0.25) is 0 Å². The number of rotatable bonds is 5. The van der Waals surface area contributed by atoms with Gasteiger partial charge in [-0.25, -0.2) is 4.68 Å². The van der Waals surface area contributed by atoms with Crippen LogP contribution in [0, 0.1) is 18.8 Å². The fourth-order valence-corrected chi connectivity index (χ4v) is 3.41. The monoisotopic (exact) mass is 427 g/mol. The summed E-state index contributed by atoms with van der Waals surface area (Å²) in [6.45, 7) is 2.41. The number of amides is 1. The number of halogens is 2. The molecule has 0 bridgehead atoms. The first-order valence-corrected chi connectivity index (χ1v) is 9.61. The Morgan fingerprint density at radius 3 is 2.55 bits per heavy atom. The summed E-state index contributed by atoms with van der Waals surface area (Å²) in [4.78, 5) is 11.9. The molecule has 0 unspecified atom stereocenters. The number of benzene rings is 2. The smallest absolute Gasteiger partial charge is 0.269 e. The Kier molecular flexibility index (Phi) is 6.60. The normalized spacial score (nSPS) is 10.5. The number of nitrogens with two attached hydrogens (primary N) is 1. The SMILES string of the molecule is COCCC#Cc1ccc(-c2c(C)c(C(N)=O)nn2-c2ccc(Cl)cc2Cl)cc1. The molecule has 1 heterocycles. The lowest BCUT2D eigenvalue weighted by molar-refractivity contribution is 0.0994. The third kappa shape index (κ3) is 4.63. The molecule has 0 aliphatic carbocycles. The lowest BCUT2D eigenvalue weighted by Crippen LogP contribution is -2.13. The van der Waals surface area contributed by atoms with Crippen molar-refractivity contribution >= 4 is 29.1 Å². The van der Waals surface area contributed by atoms with Crippen molar-refractivity contribution in [2.24, 2.45) is 5.73 Å². The molecule has 0 saturated carbocycles. The Hall–Kier alpha value is -2.78. The van der Waals surface area contributed by atoms with Gasteiger partial charge >= 0.3 is 0 Å².